The van der Waals surface area contributed by atoms with Crippen molar-refractivity contribution in [2.24, 2.45) is 15.2 Å². The fraction of sp³-hybridized carbons (Fsp3) is 0.405. The van der Waals surface area contributed by atoms with Crippen LogP contribution in [-0.2, 0) is 52.8 Å². The molecule has 5 atom stereocenters. The summed E-state index contributed by atoms with van der Waals surface area (Å²) in [7, 11) is 0. The van der Waals surface area contributed by atoms with Crippen LogP contribution in [0.15, 0.2) is 93.0 Å². The summed E-state index contributed by atoms with van der Waals surface area (Å²) in [5.74, 6) is -5.05. The molecular weight excluding hydrogens is 865 g/mol. The molecule has 0 aliphatic carbocycles. The number of amides is 6. The lowest BCUT2D eigenvalue weighted by Gasteiger charge is -2.26. The van der Waals surface area contributed by atoms with Crippen LogP contribution in [0.2, 0.25) is 0 Å². The Morgan fingerprint density at radius 1 is 0.769 bits per heavy atom. The third kappa shape index (κ3) is 16.2. The highest BCUT2D eigenvalue weighted by Crippen LogP contribution is 2.16. The van der Waals surface area contributed by atoms with Crippen molar-refractivity contribution >= 4 is 64.3 Å². The molecule has 6 amide bonds. The number of nitrogens with one attached hydrogen (secondary N) is 8. The zero-order chi connectivity index (χ0) is 46.6. The molecule has 3 aromatic rings. The van der Waals surface area contributed by atoms with Gasteiger partial charge in [0, 0.05) is 32.3 Å². The minimum atomic E-state index is -2.18. The molecule has 0 radical (unpaired) electrons. The van der Waals surface area contributed by atoms with Crippen molar-refractivity contribution in [1.29, 1.82) is 0 Å². The standard InChI is InChI=1S/C42H52N12O10S/c55-35-25-48-38(59)29(13-8-18-44-42-45-19-20-46-42)51-39(60)30(52-40(61)31(21-26-9-2-1-3-10-26)53-41(62)32(50-35)22-36(56)57)12-6-7-17-43-37(58)28-15-16-34(47-23-28)54-49-24-27-11-4-5-14-33(27)65(63)64/h1-5,9-11,14-16,23,29-32H,6-8,12-13,17-22,24-25H2,(H,43,58)(H,48,59)(H,50,55)(H,51,60)(H,52,61)(H,53,62)(H,56,57)(H,63,64)(H2,44,45,46)/t29-,30-,31+,32-/m0/s1. The van der Waals surface area contributed by atoms with Gasteiger partial charge in [0.25, 0.3) is 5.91 Å². The molecule has 23 heteroatoms. The van der Waals surface area contributed by atoms with Crippen molar-refractivity contribution in [2.45, 2.75) is 80.6 Å². The van der Waals surface area contributed by atoms with E-state index in [0.717, 1.165) is 0 Å². The summed E-state index contributed by atoms with van der Waals surface area (Å²) in [6, 6.07) is 12.9. The van der Waals surface area contributed by atoms with Crippen molar-refractivity contribution in [3.8, 4) is 0 Å². The Morgan fingerprint density at radius 3 is 2.17 bits per heavy atom. The number of unbranched alkanes of at least 4 members (excludes halogenated alkanes) is 1. The molecule has 2 aliphatic heterocycles. The van der Waals surface area contributed by atoms with Crippen molar-refractivity contribution in [3.05, 3.63) is 89.6 Å². The van der Waals surface area contributed by atoms with Gasteiger partial charge in [0.2, 0.25) is 29.5 Å². The van der Waals surface area contributed by atoms with Crippen molar-refractivity contribution in [2.75, 3.05) is 32.7 Å². The highest BCUT2D eigenvalue weighted by molar-refractivity contribution is 7.79. The van der Waals surface area contributed by atoms with Crippen LogP contribution >= 0.6 is 0 Å². The Kier molecular flexibility index (Phi) is 19.0. The van der Waals surface area contributed by atoms with E-state index in [1.807, 2.05) is 0 Å². The summed E-state index contributed by atoms with van der Waals surface area (Å²) < 4.78 is 21.0. The predicted molar refractivity (Wildman–Crippen MR) is 235 cm³/mol. The van der Waals surface area contributed by atoms with Gasteiger partial charge in [-0.15, -0.1) is 5.11 Å². The maximum absolute atomic E-state index is 14.0. The highest BCUT2D eigenvalue weighted by Gasteiger charge is 2.33. The minimum Gasteiger partial charge on any atom is -0.481 e. The van der Waals surface area contributed by atoms with Crippen LogP contribution in [0, 0.1) is 0 Å². The van der Waals surface area contributed by atoms with Gasteiger partial charge in [-0.2, -0.15) is 5.11 Å². The number of aliphatic imine (C=N–C) groups is 1. The molecule has 1 unspecified atom stereocenters. The SMILES string of the molecule is O=C(O)C[C@@H]1NC(=O)CNC(=O)[C@H](CCCNC2=NCCN2)NC(=O)[C@H](CCCCNC(=O)c2ccc(N=NCc3ccccc3S(=O)O)nc2)NC(=O)[C@@H](Cc2ccccc2)NC1=O. The quantitative estimate of drug-likeness (QED) is 0.0456. The zero-order valence-electron chi connectivity index (χ0n) is 35.3. The number of guanidine groups is 1. The van der Waals surface area contributed by atoms with E-state index in [2.05, 4.69) is 62.7 Å². The van der Waals surface area contributed by atoms with Crippen LogP contribution in [0.4, 0.5) is 5.82 Å². The molecule has 10 N–H and O–H groups in total. The third-order valence-corrected chi connectivity index (χ3v) is 10.8. The maximum atomic E-state index is 14.0. The molecule has 1 fully saturated rings. The molecule has 0 saturated carbocycles. The second kappa shape index (κ2) is 25.2. The van der Waals surface area contributed by atoms with Crippen LogP contribution < -0.4 is 42.5 Å². The Hall–Kier alpha value is -7.14. The topological polar surface area (TPSA) is 323 Å². The van der Waals surface area contributed by atoms with E-state index in [1.165, 1.54) is 24.4 Å². The average molecular weight is 917 g/mol. The van der Waals surface area contributed by atoms with Crippen LogP contribution in [0.25, 0.3) is 0 Å². The third-order valence-electron chi connectivity index (χ3n) is 10.1. The monoisotopic (exact) mass is 916 g/mol. The minimum absolute atomic E-state index is 0.0425. The number of pyridine rings is 1. The first-order valence-electron chi connectivity index (χ1n) is 20.9. The molecule has 22 nitrogen and oxygen atoms in total. The fourth-order valence-corrected chi connectivity index (χ4v) is 7.26. The van der Waals surface area contributed by atoms with Gasteiger partial charge in [-0.3, -0.25) is 38.6 Å². The smallest absolute Gasteiger partial charge is 0.305 e. The van der Waals surface area contributed by atoms with Crippen LogP contribution in [-0.4, -0.2) is 123 Å². The number of azo groups is 1. The molecule has 1 saturated heterocycles. The Balaban J connectivity index is 1.26. The van der Waals surface area contributed by atoms with Gasteiger partial charge < -0.3 is 52.2 Å². The lowest BCUT2D eigenvalue weighted by molar-refractivity contribution is -0.141. The fourth-order valence-electron chi connectivity index (χ4n) is 6.71. The number of nitrogens with zero attached hydrogens (tertiary/aromatic N) is 4. The Bertz CT molecular complexity index is 2250. The molecule has 0 spiro atoms. The summed E-state index contributed by atoms with van der Waals surface area (Å²) >= 11 is -2.18. The number of aromatic nitrogens is 1. The summed E-state index contributed by atoms with van der Waals surface area (Å²) in [5.41, 5.74) is 1.40. The van der Waals surface area contributed by atoms with Crippen molar-refractivity contribution in [1.82, 2.24) is 47.5 Å². The second-order valence-corrected chi connectivity index (χ2v) is 15.9. The number of hydrogen-bond donors (Lipinski definition) is 10. The normalized spacial score (nSPS) is 20.1. The average Bonchev–Trinajstić information content (AvgIpc) is 3.82. The molecule has 5 rings (SSSR count). The number of rotatable bonds is 18. The number of hydrogen-bond acceptors (Lipinski definition) is 14. The van der Waals surface area contributed by atoms with E-state index in [1.54, 1.807) is 48.5 Å². The summed E-state index contributed by atoms with van der Waals surface area (Å²) in [5, 5.41) is 39.4. The summed E-state index contributed by atoms with van der Waals surface area (Å²) in [6.07, 6.45) is 1.65. The Labute approximate surface area is 376 Å². The Morgan fingerprint density at radius 2 is 1.46 bits per heavy atom. The van der Waals surface area contributed by atoms with E-state index >= 15 is 0 Å². The first-order valence-corrected chi connectivity index (χ1v) is 22.0. The van der Waals surface area contributed by atoms with Crippen molar-refractivity contribution in [3.63, 3.8) is 0 Å². The number of carbonyl (C=O) groups is 7. The number of carbonyl (C=O) groups excluding carboxylic acids is 6. The largest absolute Gasteiger partial charge is 0.481 e. The summed E-state index contributed by atoms with van der Waals surface area (Å²) in [4.78, 5) is 101. The van der Waals surface area contributed by atoms with E-state index < -0.39 is 89.6 Å². The first-order chi connectivity index (χ1) is 31.4. The van der Waals surface area contributed by atoms with Gasteiger partial charge in [-0.25, -0.2) is 9.19 Å². The molecule has 65 heavy (non-hydrogen) atoms. The van der Waals surface area contributed by atoms with E-state index in [0.29, 0.717) is 56.0 Å². The molecular formula is C42H52N12O10S. The zero-order valence-corrected chi connectivity index (χ0v) is 36.1. The molecule has 2 aliphatic rings. The molecule has 0 bridgehead atoms. The first kappa shape index (κ1) is 48.9. The molecule has 1 aromatic heterocycles. The number of carboxylic acids is 1. The maximum Gasteiger partial charge on any atom is 0.305 e. The van der Waals surface area contributed by atoms with Gasteiger partial charge in [0.15, 0.2) is 22.9 Å². The number of benzene rings is 2. The molecule has 346 valence electrons. The van der Waals surface area contributed by atoms with Gasteiger partial charge in [0.1, 0.15) is 24.2 Å². The van der Waals surface area contributed by atoms with Crippen LogP contribution in [0.1, 0.15) is 60.0 Å². The van der Waals surface area contributed by atoms with Gasteiger partial charge in [-0.1, -0.05) is 48.5 Å². The van der Waals surface area contributed by atoms with Gasteiger partial charge >= 0.3 is 5.97 Å². The lowest BCUT2D eigenvalue weighted by atomic mass is 10.0. The highest BCUT2D eigenvalue weighted by atomic mass is 32.2. The van der Waals surface area contributed by atoms with Crippen LogP contribution in [0.5, 0.6) is 0 Å². The van der Waals surface area contributed by atoms with Crippen LogP contribution in [0.3, 0.4) is 0 Å². The number of aliphatic carboxylic acids is 1. The lowest BCUT2D eigenvalue weighted by Crippen LogP contribution is -2.58. The van der Waals surface area contributed by atoms with E-state index in [-0.39, 0.29) is 48.6 Å². The second-order valence-electron chi connectivity index (χ2n) is 14.9. The molecule has 2 aromatic carbocycles. The van der Waals surface area contributed by atoms with Crippen molar-refractivity contribution < 1.29 is 47.4 Å². The van der Waals surface area contributed by atoms with Gasteiger partial charge in [0.05, 0.1) is 36.5 Å². The predicted octanol–water partition coefficient (Wildman–Crippen LogP) is -0.0384. The van der Waals surface area contributed by atoms with Gasteiger partial charge in [-0.05, 0) is 61.4 Å². The van der Waals surface area contributed by atoms with E-state index in [4.69, 9.17) is 0 Å². The molecule has 3 heterocycles. The van der Waals surface area contributed by atoms with E-state index in [9.17, 15) is 47.4 Å². The summed E-state index contributed by atoms with van der Waals surface area (Å²) in [6.45, 7) is 1.27. The number of carboxylic acid groups (broad SMARTS) is 1.